The van der Waals surface area contributed by atoms with E-state index in [9.17, 15) is 4.79 Å². The summed E-state index contributed by atoms with van der Waals surface area (Å²) in [5.74, 6) is -0.515. The van der Waals surface area contributed by atoms with Gasteiger partial charge in [0.25, 0.3) is 0 Å². The summed E-state index contributed by atoms with van der Waals surface area (Å²) in [7, 11) is 0. The number of esters is 1. The maximum absolute atomic E-state index is 11.8. The normalized spacial score (nSPS) is 10.8. The van der Waals surface area contributed by atoms with Crippen LogP contribution in [0.5, 0.6) is 0 Å². The van der Waals surface area contributed by atoms with Crippen molar-refractivity contribution < 1.29 is 9.53 Å². The van der Waals surface area contributed by atoms with Gasteiger partial charge in [-0.25, -0.2) is 4.79 Å². The van der Waals surface area contributed by atoms with Crippen molar-refractivity contribution in [2.45, 2.75) is 6.92 Å². The molecular formula is C14H11ClN4O2. The summed E-state index contributed by atoms with van der Waals surface area (Å²) >= 11 is 6.17. The van der Waals surface area contributed by atoms with Crippen molar-refractivity contribution in [3.8, 4) is 11.3 Å². The average Bonchev–Trinajstić information content (AvgIpc) is 2.97. The molecule has 3 aromatic rings. The minimum absolute atomic E-state index is 0.149. The van der Waals surface area contributed by atoms with Crippen molar-refractivity contribution in [3.05, 3.63) is 41.2 Å². The largest absolute Gasteiger partial charge is 0.461 e. The van der Waals surface area contributed by atoms with Crippen LogP contribution in [-0.2, 0) is 4.74 Å². The van der Waals surface area contributed by atoms with Crippen LogP contribution >= 0.6 is 11.6 Å². The van der Waals surface area contributed by atoms with Crippen LogP contribution in [0.25, 0.3) is 22.2 Å². The van der Waals surface area contributed by atoms with Gasteiger partial charge in [0.2, 0.25) is 0 Å². The molecular weight excluding hydrogens is 292 g/mol. The van der Waals surface area contributed by atoms with Crippen LogP contribution in [0, 0.1) is 0 Å². The van der Waals surface area contributed by atoms with Gasteiger partial charge < -0.3 is 4.74 Å². The number of nitrogens with one attached hydrogen (secondary N) is 1. The lowest BCUT2D eigenvalue weighted by Crippen LogP contribution is -2.06. The second-order valence-electron chi connectivity index (χ2n) is 4.27. The molecule has 0 radical (unpaired) electrons. The Kier molecular flexibility index (Phi) is 3.53. The highest BCUT2D eigenvalue weighted by Gasteiger charge is 2.19. The molecule has 0 spiro atoms. The van der Waals surface area contributed by atoms with Crippen LogP contribution in [0.4, 0.5) is 0 Å². The van der Waals surface area contributed by atoms with Gasteiger partial charge in [-0.05, 0) is 25.1 Å². The second kappa shape index (κ2) is 5.49. The smallest absolute Gasteiger partial charge is 0.361 e. The molecule has 0 atom stereocenters. The molecule has 21 heavy (non-hydrogen) atoms. The molecule has 0 saturated carbocycles. The van der Waals surface area contributed by atoms with E-state index < -0.39 is 5.97 Å². The third kappa shape index (κ3) is 2.45. The third-order valence-corrected chi connectivity index (χ3v) is 3.31. The fourth-order valence-electron chi connectivity index (χ4n) is 2.03. The Morgan fingerprint density at radius 1 is 1.33 bits per heavy atom. The van der Waals surface area contributed by atoms with E-state index in [1.807, 2.05) is 18.2 Å². The van der Waals surface area contributed by atoms with Gasteiger partial charge in [0.15, 0.2) is 5.69 Å². The molecule has 106 valence electrons. The van der Waals surface area contributed by atoms with E-state index in [-0.39, 0.29) is 12.3 Å². The molecule has 0 bridgehead atoms. The summed E-state index contributed by atoms with van der Waals surface area (Å²) < 4.78 is 4.96. The van der Waals surface area contributed by atoms with E-state index in [0.29, 0.717) is 16.3 Å². The summed E-state index contributed by atoms with van der Waals surface area (Å²) in [5.41, 5.74) is 2.06. The number of H-pyrrole nitrogens is 1. The highest BCUT2D eigenvalue weighted by atomic mass is 35.5. The number of fused-ring (bicyclic) bond motifs is 1. The first-order valence-electron chi connectivity index (χ1n) is 6.33. The van der Waals surface area contributed by atoms with Crippen LogP contribution in [0.2, 0.25) is 5.02 Å². The zero-order valence-corrected chi connectivity index (χ0v) is 11.9. The van der Waals surface area contributed by atoms with E-state index in [0.717, 1.165) is 10.9 Å². The summed E-state index contributed by atoms with van der Waals surface area (Å²) in [6, 6.07) is 7.17. The molecule has 0 fully saturated rings. The lowest BCUT2D eigenvalue weighted by molar-refractivity contribution is 0.0520. The Morgan fingerprint density at radius 3 is 3.00 bits per heavy atom. The van der Waals surface area contributed by atoms with Gasteiger partial charge in [-0.2, -0.15) is 10.3 Å². The molecule has 0 amide bonds. The average molecular weight is 303 g/mol. The number of pyridine rings is 1. The van der Waals surface area contributed by atoms with E-state index in [4.69, 9.17) is 16.3 Å². The van der Waals surface area contributed by atoms with Crippen LogP contribution < -0.4 is 0 Å². The highest BCUT2D eigenvalue weighted by molar-refractivity contribution is 6.35. The maximum atomic E-state index is 11.8. The number of hydrogen-bond acceptors (Lipinski definition) is 5. The molecule has 0 saturated heterocycles. The molecule has 0 aliphatic rings. The maximum Gasteiger partial charge on any atom is 0.361 e. The zero-order valence-electron chi connectivity index (χ0n) is 11.1. The molecule has 0 aliphatic carbocycles. The van der Waals surface area contributed by atoms with Gasteiger partial charge in [0.05, 0.1) is 17.1 Å². The minimum atomic E-state index is -0.515. The number of aromatic nitrogens is 4. The van der Waals surface area contributed by atoms with Crippen LogP contribution in [0.3, 0.4) is 0 Å². The van der Waals surface area contributed by atoms with Crippen molar-refractivity contribution in [2.75, 3.05) is 6.61 Å². The molecule has 1 N–H and O–H groups in total. The lowest BCUT2D eigenvalue weighted by Gasteiger charge is -2.04. The van der Waals surface area contributed by atoms with E-state index in [1.165, 1.54) is 0 Å². The lowest BCUT2D eigenvalue weighted by atomic mass is 10.1. The van der Waals surface area contributed by atoms with Crippen LogP contribution in [0.1, 0.15) is 17.4 Å². The van der Waals surface area contributed by atoms with Crippen molar-refractivity contribution in [2.24, 2.45) is 0 Å². The predicted octanol–water partition coefficient (Wildman–Crippen LogP) is 2.85. The van der Waals surface area contributed by atoms with E-state index in [2.05, 4.69) is 20.4 Å². The summed E-state index contributed by atoms with van der Waals surface area (Å²) in [4.78, 5) is 16.1. The Hall–Kier alpha value is -2.47. The fourth-order valence-corrected chi connectivity index (χ4v) is 2.24. The monoisotopic (exact) mass is 302 g/mol. The first-order chi connectivity index (χ1) is 10.2. The van der Waals surface area contributed by atoms with E-state index >= 15 is 0 Å². The third-order valence-electron chi connectivity index (χ3n) is 2.98. The number of carbonyl (C=O) groups is 1. The van der Waals surface area contributed by atoms with Gasteiger partial charge in [-0.15, -0.1) is 5.10 Å². The van der Waals surface area contributed by atoms with Crippen molar-refractivity contribution >= 4 is 28.5 Å². The highest BCUT2D eigenvalue weighted by Crippen LogP contribution is 2.28. The van der Waals surface area contributed by atoms with Crippen LogP contribution in [0.15, 0.2) is 30.5 Å². The number of nitrogens with zero attached hydrogens (tertiary/aromatic N) is 3. The quantitative estimate of drug-likeness (QED) is 0.752. The number of rotatable bonds is 3. The van der Waals surface area contributed by atoms with Gasteiger partial charge in [0, 0.05) is 17.1 Å². The fraction of sp³-hybridized carbons (Fsp3) is 0.143. The first-order valence-corrected chi connectivity index (χ1v) is 6.71. The Morgan fingerprint density at radius 2 is 2.19 bits per heavy atom. The molecule has 0 aliphatic heterocycles. The van der Waals surface area contributed by atoms with Crippen molar-refractivity contribution in [3.63, 3.8) is 0 Å². The van der Waals surface area contributed by atoms with Gasteiger partial charge in [-0.1, -0.05) is 17.7 Å². The zero-order chi connectivity index (χ0) is 14.8. The number of benzene rings is 1. The Labute approximate surface area is 125 Å². The van der Waals surface area contributed by atoms with E-state index in [1.54, 1.807) is 19.2 Å². The molecule has 2 aromatic heterocycles. The molecule has 1 aromatic carbocycles. The predicted molar refractivity (Wildman–Crippen MR) is 78.1 cm³/mol. The Bertz CT molecular complexity index is 816. The summed E-state index contributed by atoms with van der Waals surface area (Å²) in [6.45, 7) is 2.01. The molecule has 2 heterocycles. The number of aromatic amines is 1. The molecule has 6 nitrogen and oxygen atoms in total. The second-order valence-corrected chi connectivity index (χ2v) is 4.67. The van der Waals surface area contributed by atoms with Crippen molar-refractivity contribution in [1.82, 2.24) is 20.4 Å². The van der Waals surface area contributed by atoms with Gasteiger partial charge in [-0.3, -0.25) is 4.98 Å². The number of ether oxygens (including phenoxy) is 1. The summed E-state index contributed by atoms with van der Waals surface area (Å²) in [5, 5.41) is 11.7. The molecule has 7 heteroatoms. The van der Waals surface area contributed by atoms with Gasteiger partial charge >= 0.3 is 5.97 Å². The van der Waals surface area contributed by atoms with Crippen molar-refractivity contribution in [1.29, 1.82) is 0 Å². The Balaban J connectivity index is 2.11. The summed E-state index contributed by atoms with van der Waals surface area (Å²) in [6.07, 6.45) is 1.64. The van der Waals surface area contributed by atoms with Gasteiger partial charge in [0.1, 0.15) is 5.69 Å². The molecule has 3 rings (SSSR count). The number of carbonyl (C=O) groups excluding carboxylic acids is 1. The standard InChI is InChI=1S/C14H11ClN4O2/c1-2-21-14(20)13-12(17-19-18-13)8-3-4-11-9(7-8)10(15)5-6-16-11/h3-7H,2H2,1H3,(H,17,18,19). The SMILES string of the molecule is CCOC(=O)c1n[nH]nc1-c1ccc2nccc(Cl)c2c1. The van der Waals surface area contributed by atoms with Crippen LogP contribution in [-0.4, -0.2) is 33.0 Å². The molecule has 0 unspecified atom stereocenters. The minimum Gasteiger partial charge on any atom is -0.461 e. The topological polar surface area (TPSA) is 80.8 Å². The number of halogens is 1. The number of hydrogen-bond donors (Lipinski definition) is 1. The first kappa shape index (κ1) is 13.5.